The summed E-state index contributed by atoms with van der Waals surface area (Å²) in [5, 5.41) is 48.6. The number of rotatable bonds is 11. The Morgan fingerprint density at radius 2 is 1.82 bits per heavy atom. The largest absolute Gasteiger partial charge is 0.489 e. The average molecular weight is 465 g/mol. The van der Waals surface area contributed by atoms with Crippen molar-refractivity contribution in [3.05, 3.63) is 51.9 Å². The number of amides is 1. The number of benzene rings is 1. The molecule has 1 heterocycles. The van der Waals surface area contributed by atoms with Gasteiger partial charge in [-0.05, 0) is 37.1 Å². The molecule has 1 aromatic heterocycles. The van der Waals surface area contributed by atoms with Crippen molar-refractivity contribution in [1.82, 2.24) is 4.90 Å². The van der Waals surface area contributed by atoms with Crippen LogP contribution in [0.1, 0.15) is 18.1 Å². The fraction of sp³-hybridized carbons (Fsp3) is 0.478. The zero-order chi connectivity index (χ0) is 24.9. The summed E-state index contributed by atoms with van der Waals surface area (Å²) in [6.07, 6.45) is -7.14. The van der Waals surface area contributed by atoms with Gasteiger partial charge in [0.1, 0.15) is 42.4 Å². The summed E-state index contributed by atoms with van der Waals surface area (Å²) in [6.45, 7) is 6.42. The van der Waals surface area contributed by atoms with Gasteiger partial charge in [0.15, 0.2) is 0 Å². The minimum absolute atomic E-state index is 0.153. The van der Waals surface area contributed by atoms with Crippen molar-refractivity contribution in [2.24, 2.45) is 0 Å². The number of likely N-dealkylation sites (N-methyl/N-ethyl adjacent to an activating group) is 1. The molecule has 2 aromatic rings. The Balaban J connectivity index is 2.15. The highest BCUT2D eigenvalue weighted by molar-refractivity contribution is 5.85. The van der Waals surface area contributed by atoms with E-state index in [1.165, 1.54) is 7.05 Å². The number of carbonyl (C=O) groups is 1. The maximum absolute atomic E-state index is 12.6. The van der Waals surface area contributed by atoms with Crippen molar-refractivity contribution in [2.45, 2.75) is 44.7 Å². The second-order valence-electron chi connectivity index (χ2n) is 8.15. The molecule has 0 spiro atoms. The molecule has 182 valence electrons. The molecule has 0 aliphatic carbocycles. The lowest BCUT2D eigenvalue weighted by Gasteiger charge is -2.28. The first-order valence-electron chi connectivity index (χ1n) is 10.4. The van der Waals surface area contributed by atoms with Crippen LogP contribution in [0, 0.1) is 6.92 Å². The molecule has 0 aliphatic rings. The maximum Gasteiger partial charge on any atom is 0.340 e. The van der Waals surface area contributed by atoms with Gasteiger partial charge in [0, 0.05) is 25.0 Å². The second kappa shape index (κ2) is 11.4. The number of hydrogen-bond acceptors (Lipinski definition) is 9. The van der Waals surface area contributed by atoms with E-state index in [1.54, 1.807) is 25.1 Å². The highest BCUT2D eigenvalue weighted by Gasteiger charge is 2.31. The highest BCUT2D eigenvalue weighted by atomic mass is 16.5. The van der Waals surface area contributed by atoms with E-state index in [2.05, 4.69) is 6.58 Å². The van der Waals surface area contributed by atoms with Gasteiger partial charge < -0.3 is 39.6 Å². The van der Waals surface area contributed by atoms with Crippen LogP contribution in [0.15, 0.2) is 39.6 Å². The number of aliphatic hydroxyl groups is 5. The third-order valence-electron chi connectivity index (χ3n) is 5.28. The fourth-order valence-corrected chi connectivity index (χ4v) is 3.21. The zero-order valence-corrected chi connectivity index (χ0v) is 18.9. The number of fused-ring (bicyclic) bond motifs is 1. The maximum atomic E-state index is 12.6. The van der Waals surface area contributed by atoms with Crippen LogP contribution in [0.25, 0.3) is 11.0 Å². The number of carbonyl (C=O) groups excluding carboxylic acids is 1. The second-order valence-corrected chi connectivity index (χ2v) is 8.15. The standard InChI is InChI=1S/C23H31NO9/c1-12(2)11-32-14-5-6-15-13(3)16(23(31)33-19(15)7-14)8-20(28)24(4)9-17(26)21(29)22(30)18(27)10-25/h5-7,17-18,21-22,25-27,29-30H,1,8-11H2,2-4H3/t17-,18+,21-,22+/m0/s1. The first-order chi connectivity index (χ1) is 15.5. The van der Waals surface area contributed by atoms with Gasteiger partial charge in [0.05, 0.1) is 18.6 Å². The molecule has 0 aliphatic heterocycles. The molecule has 0 radical (unpaired) electrons. The van der Waals surface area contributed by atoms with Crippen LogP contribution < -0.4 is 10.4 Å². The lowest BCUT2D eigenvalue weighted by Crippen LogP contribution is -2.50. The van der Waals surface area contributed by atoms with Gasteiger partial charge in [-0.25, -0.2) is 4.79 Å². The van der Waals surface area contributed by atoms with Gasteiger partial charge in [-0.1, -0.05) is 6.58 Å². The Labute approximate surface area is 191 Å². The van der Waals surface area contributed by atoms with Crippen molar-refractivity contribution in [3.63, 3.8) is 0 Å². The molecule has 5 N–H and O–H groups in total. The Kier molecular flexibility index (Phi) is 9.15. The Morgan fingerprint density at radius 3 is 2.42 bits per heavy atom. The predicted molar refractivity (Wildman–Crippen MR) is 120 cm³/mol. The number of hydrogen-bond donors (Lipinski definition) is 5. The van der Waals surface area contributed by atoms with Crippen LogP contribution in [0.2, 0.25) is 0 Å². The molecule has 0 saturated carbocycles. The van der Waals surface area contributed by atoms with Crippen molar-refractivity contribution < 1.29 is 39.5 Å². The Bertz CT molecular complexity index is 1050. The quantitative estimate of drug-likeness (QED) is 0.217. The molecule has 0 bridgehead atoms. The van der Waals surface area contributed by atoms with Gasteiger partial charge in [0.2, 0.25) is 5.91 Å². The van der Waals surface area contributed by atoms with Crippen LogP contribution in [0.4, 0.5) is 0 Å². The molecule has 2 rings (SSSR count). The van der Waals surface area contributed by atoms with Crippen LogP contribution >= 0.6 is 0 Å². The van der Waals surface area contributed by atoms with E-state index in [4.69, 9.17) is 14.3 Å². The minimum Gasteiger partial charge on any atom is -0.489 e. The Morgan fingerprint density at radius 1 is 1.18 bits per heavy atom. The van der Waals surface area contributed by atoms with E-state index in [0.717, 1.165) is 10.5 Å². The van der Waals surface area contributed by atoms with E-state index in [0.29, 0.717) is 28.9 Å². The minimum atomic E-state index is -1.80. The first-order valence-corrected chi connectivity index (χ1v) is 10.4. The van der Waals surface area contributed by atoms with E-state index in [1.807, 2.05) is 6.92 Å². The predicted octanol–water partition coefficient (Wildman–Crippen LogP) is -0.507. The van der Waals surface area contributed by atoms with Crippen LogP contribution in [0.5, 0.6) is 5.75 Å². The normalized spacial score (nSPS) is 15.0. The lowest BCUT2D eigenvalue weighted by atomic mass is 10.0. The lowest BCUT2D eigenvalue weighted by molar-refractivity contribution is -0.137. The summed E-state index contributed by atoms with van der Waals surface area (Å²) in [5.74, 6) is -0.0210. The van der Waals surface area contributed by atoms with E-state index in [-0.39, 0.29) is 18.5 Å². The molecule has 0 unspecified atom stereocenters. The van der Waals surface area contributed by atoms with Crippen molar-refractivity contribution in [2.75, 3.05) is 26.8 Å². The fourth-order valence-electron chi connectivity index (χ4n) is 3.21. The van der Waals surface area contributed by atoms with E-state index < -0.39 is 42.6 Å². The van der Waals surface area contributed by atoms with Crippen LogP contribution in [0.3, 0.4) is 0 Å². The third kappa shape index (κ3) is 6.62. The third-order valence-corrected chi connectivity index (χ3v) is 5.28. The number of nitrogens with zero attached hydrogens (tertiary/aromatic N) is 1. The molecule has 0 fully saturated rings. The highest BCUT2D eigenvalue weighted by Crippen LogP contribution is 2.25. The van der Waals surface area contributed by atoms with Crippen LogP contribution in [-0.4, -0.2) is 87.6 Å². The molecule has 1 amide bonds. The summed E-state index contributed by atoms with van der Waals surface area (Å²) in [7, 11) is 1.36. The summed E-state index contributed by atoms with van der Waals surface area (Å²) in [4.78, 5) is 26.3. The zero-order valence-electron chi connectivity index (χ0n) is 18.9. The van der Waals surface area contributed by atoms with Gasteiger partial charge >= 0.3 is 5.63 Å². The molecule has 0 saturated heterocycles. The van der Waals surface area contributed by atoms with E-state index >= 15 is 0 Å². The Hall–Kier alpha value is -2.76. The molecular formula is C23H31NO9. The van der Waals surface area contributed by atoms with Gasteiger partial charge in [0.25, 0.3) is 0 Å². The summed E-state index contributed by atoms with van der Waals surface area (Å²) in [5.41, 5.74) is 1.19. The number of aliphatic hydroxyl groups excluding tert-OH is 5. The van der Waals surface area contributed by atoms with Crippen LogP contribution in [-0.2, 0) is 11.2 Å². The molecule has 10 heteroatoms. The molecular weight excluding hydrogens is 434 g/mol. The van der Waals surface area contributed by atoms with Crippen molar-refractivity contribution >= 4 is 16.9 Å². The monoisotopic (exact) mass is 465 g/mol. The SMILES string of the molecule is C=C(C)COc1ccc2c(C)c(CC(=O)N(C)C[C@H](O)[C@H](O)[C@H](O)[C@H](O)CO)c(=O)oc2c1. The van der Waals surface area contributed by atoms with Gasteiger partial charge in [-0.3, -0.25) is 4.79 Å². The smallest absolute Gasteiger partial charge is 0.340 e. The summed E-state index contributed by atoms with van der Waals surface area (Å²) >= 11 is 0. The van der Waals surface area contributed by atoms with E-state index in [9.17, 15) is 30.0 Å². The van der Waals surface area contributed by atoms with Gasteiger partial charge in [-0.2, -0.15) is 0 Å². The van der Waals surface area contributed by atoms with Crippen molar-refractivity contribution in [3.8, 4) is 5.75 Å². The number of ether oxygens (including phenoxy) is 1. The molecule has 1 aromatic carbocycles. The van der Waals surface area contributed by atoms with Crippen molar-refractivity contribution in [1.29, 1.82) is 0 Å². The topological polar surface area (TPSA) is 161 Å². The molecule has 10 nitrogen and oxygen atoms in total. The average Bonchev–Trinajstić information content (AvgIpc) is 2.78. The molecule has 33 heavy (non-hydrogen) atoms. The summed E-state index contributed by atoms with van der Waals surface area (Å²) in [6, 6.07) is 5.04. The molecule has 4 atom stereocenters. The summed E-state index contributed by atoms with van der Waals surface area (Å²) < 4.78 is 11.0. The van der Waals surface area contributed by atoms with Gasteiger partial charge in [-0.15, -0.1) is 0 Å². The first kappa shape index (κ1) is 26.5. The number of aryl methyl sites for hydroxylation is 1.